The topological polar surface area (TPSA) is 17.1 Å². The van der Waals surface area contributed by atoms with Crippen molar-refractivity contribution in [2.45, 2.75) is 46.0 Å². The Bertz CT molecular complexity index is 615. The molecule has 1 heteroatoms. The van der Waals surface area contributed by atoms with Crippen LogP contribution in [-0.4, -0.2) is 5.78 Å². The lowest BCUT2D eigenvalue weighted by molar-refractivity contribution is 0.103. The molecule has 0 saturated carbocycles. The van der Waals surface area contributed by atoms with Crippen LogP contribution in [-0.2, 0) is 11.8 Å². The lowest BCUT2D eigenvalue weighted by atomic mass is 9.86. The standard InChI is InChI=1S/C20H24O/c1-5-7-15-8-6-9-17(14-15)19(21)16-10-12-18(13-11-16)20(2,3)4/h6,8-14H,5,7H2,1-4H3. The van der Waals surface area contributed by atoms with Gasteiger partial charge in [0.05, 0.1) is 0 Å². The minimum absolute atomic E-state index is 0.105. The fourth-order valence-electron chi connectivity index (χ4n) is 2.45. The van der Waals surface area contributed by atoms with Gasteiger partial charge in [0.15, 0.2) is 5.78 Å². The molecule has 21 heavy (non-hydrogen) atoms. The molecular weight excluding hydrogens is 256 g/mol. The number of aryl methyl sites for hydroxylation is 1. The zero-order valence-electron chi connectivity index (χ0n) is 13.4. The van der Waals surface area contributed by atoms with Crippen molar-refractivity contribution in [2.24, 2.45) is 0 Å². The zero-order chi connectivity index (χ0) is 15.5. The number of carbonyl (C=O) groups is 1. The van der Waals surface area contributed by atoms with E-state index in [0.717, 1.165) is 24.0 Å². The molecule has 0 heterocycles. The Labute approximate surface area is 128 Å². The Hall–Kier alpha value is -1.89. The highest BCUT2D eigenvalue weighted by Gasteiger charge is 2.15. The van der Waals surface area contributed by atoms with Crippen LogP contribution in [0.4, 0.5) is 0 Å². The maximum Gasteiger partial charge on any atom is 0.193 e. The van der Waals surface area contributed by atoms with Gasteiger partial charge in [-0.3, -0.25) is 4.79 Å². The number of hydrogen-bond acceptors (Lipinski definition) is 1. The van der Waals surface area contributed by atoms with Crippen molar-refractivity contribution in [3.05, 3.63) is 70.8 Å². The lowest BCUT2D eigenvalue weighted by Crippen LogP contribution is -2.11. The van der Waals surface area contributed by atoms with Crippen LogP contribution in [0.3, 0.4) is 0 Å². The molecule has 2 aromatic rings. The van der Waals surface area contributed by atoms with Crippen LogP contribution in [0.1, 0.15) is 61.2 Å². The molecule has 110 valence electrons. The quantitative estimate of drug-likeness (QED) is 0.706. The van der Waals surface area contributed by atoms with Crippen LogP contribution < -0.4 is 0 Å². The van der Waals surface area contributed by atoms with Crippen LogP contribution in [0.2, 0.25) is 0 Å². The number of hydrogen-bond donors (Lipinski definition) is 0. The van der Waals surface area contributed by atoms with Gasteiger partial charge in [0.25, 0.3) is 0 Å². The summed E-state index contributed by atoms with van der Waals surface area (Å²) >= 11 is 0. The molecule has 0 aliphatic heterocycles. The first-order chi connectivity index (χ1) is 9.91. The van der Waals surface area contributed by atoms with E-state index in [4.69, 9.17) is 0 Å². The van der Waals surface area contributed by atoms with Crippen LogP contribution >= 0.6 is 0 Å². The van der Waals surface area contributed by atoms with Gasteiger partial charge < -0.3 is 0 Å². The molecule has 0 unspecified atom stereocenters. The zero-order valence-corrected chi connectivity index (χ0v) is 13.4. The smallest absolute Gasteiger partial charge is 0.193 e. The SMILES string of the molecule is CCCc1cccc(C(=O)c2ccc(C(C)(C)C)cc2)c1. The minimum atomic E-state index is 0.105. The Balaban J connectivity index is 2.26. The van der Waals surface area contributed by atoms with Gasteiger partial charge in [-0.1, -0.05) is 76.6 Å². The van der Waals surface area contributed by atoms with Gasteiger partial charge in [-0.15, -0.1) is 0 Å². The van der Waals surface area contributed by atoms with E-state index < -0.39 is 0 Å². The predicted molar refractivity (Wildman–Crippen MR) is 89.0 cm³/mol. The first kappa shape index (κ1) is 15.5. The minimum Gasteiger partial charge on any atom is -0.289 e. The maximum absolute atomic E-state index is 12.6. The lowest BCUT2D eigenvalue weighted by Gasteiger charge is -2.19. The number of rotatable bonds is 4. The molecule has 0 saturated heterocycles. The van der Waals surface area contributed by atoms with Gasteiger partial charge in [0, 0.05) is 11.1 Å². The van der Waals surface area contributed by atoms with Crippen molar-refractivity contribution in [3.8, 4) is 0 Å². The second-order valence-electron chi connectivity index (χ2n) is 6.61. The van der Waals surface area contributed by atoms with Crippen molar-refractivity contribution in [1.82, 2.24) is 0 Å². The predicted octanol–water partition coefficient (Wildman–Crippen LogP) is 5.17. The molecule has 1 nitrogen and oxygen atoms in total. The van der Waals surface area contributed by atoms with Crippen molar-refractivity contribution in [3.63, 3.8) is 0 Å². The highest BCUT2D eigenvalue weighted by Crippen LogP contribution is 2.23. The summed E-state index contributed by atoms with van der Waals surface area (Å²) in [6.45, 7) is 8.69. The van der Waals surface area contributed by atoms with E-state index in [1.54, 1.807) is 0 Å². The second-order valence-corrected chi connectivity index (χ2v) is 6.61. The van der Waals surface area contributed by atoms with Crippen LogP contribution in [0, 0.1) is 0 Å². The van der Waals surface area contributed by atoms with E-state index >= 15 is 0 Å². The fourth-order valence-corrected chi connectivity index (χ4v) is 2.45. The normalized spacial score (nSPS) is 11.4. The van der Waals surface area contributed by atoms with Gasteiger partial charge in [0.1, 0.15) is 0 Å². The molecule has 0 spiro atoms. The summed E-state index contributed by atoms with van der Waals surface area (Å²) in [5, 5.41) is 0. The third-order valence-electron chi connectivity index (χ3n) is 3.74. The monoisotopic (exact) mass is 280 g/mol. The third-order valence-corrected chi connectivity index (χ3v) is 3.74. The Morgan fingerprint density at radius 1 is 0.952 bits per heavy atom. The maximum atomic E-state index is 12.6. The number of benzene rings is 2. The molecular formula is C20H24O. The highest BCUT2D eigenvalue weighted by molar-refractivity contribution is 6.09. The van der Waals surface area contributed by atoms with Crippen molar-refractivity contribution < 1.29 is 4.79 Å². The molecule has 0 atom stereocenters. The third kappa shape index (κ3) is 3.81. The summed E-state index contributed by atoms with van der Waals surface area (Å²) in [4.78, 5) is 12.6. The van der Waals surface area contributed by atoms with Crippen LogP contribution in [0.25, 0.3) is 0 Å². The van der Waals surface area contributed by atoms with Crippen LogP contribution in [0.15, 0.2) is 48.5 Å². The summed E-state index contributed by atoms with van der Waals surface area (Å²) in [6.07, 6.45) is 2.11. The van der Waals surface area contributed by atoms with Gasteiger partial charge in [-0.2, -0.15) is 0 Å². The first-order valence-corrected chi connectivity index (χ1v) is 7.66. The van der Waals surface area contributed by atoms with Gasteiger partial charge >= 0.3 is 0 Å². The molecule has 0 aromatic heterocycles. The van der Waals surface area contributed by atoms with Gasteiger partial charge in [-0.05, 0) is 29.0 Å². The van der Waals surface area contributed by atoms with E-state index in [2.05, 4.69) is 45.9 Å². The van der Waals surface area contributed by atoms with E-state index in [1.807, 2.05) is 30.3 Å². The van der Waals surface area contributed by atoms with Crippen molar-refractivity contribution in [2.75, 3.05) is 0 Å². The highest BCUT2D eigenvalue weighted by atomic mass is 16.1. The number of ketones is 1. The summed E-state index contributed by atoms with van der Waals surface area (Å²) in [6, 6.07) is 16.0. The average Bonchev–Trinajstić information content (AvgIpc) is 2.46. The fraction of sp³-hybridized carbons (Fsp3) is 0.350. The summed E-state index contributed by atoms with van der Waals surface area (Å²) < 4.78 is 0. The molecule has 0 aliphatic rings. The molecule has 2 rings (SSSR count). The van der Waals surface area contributed by atoms with E-state index in [1.165, 1.54) is 11.1 Å². The molecule has 2 aromatic carbocycles. The molecule has 0 fully saturated rings. The van der Waals surface area contributed by atoms with E-state index in [0.29, 0.717) is 0 Å². The Morgan fingerprint density at radius 2 is 1.62 bits per heavy atom. The molecule has 0 amide bonds. The Kier molecular flexibility index (Phi) is 4.62. The van der Waals surface area contributed by atoms with Gasteiger partial charge in [0.2, 0.25) is 0 Å². The van der Waals surface area contributed by atoms with Crippen molar-refractivity contribution in [1.29, 1.82) is 0 Å². The molecule has 0 N–H and O–H groups in total. The summed E-state index contributed by atoms with van der Waals surface area (Å²) in [5.41, 5.74) is 4.14. The Morgan fingerprint density at radius 3 is 2.19 bits per heavy atom. The molecule has 0 bridgehead atoms. The van der Waals surface area contributed by atoms with E-state index in [-0.39, 0.29) is 11.2 Å². The molecule has 0 aliphatic carbocycles. The van der Waals surface area contributed by atoms with Crippen molar-refractivity contribution >= 4 is 5.78 Å². The second kappa shape index (κ2) is 6.26. The average molecular weight is 280 g/mol. The number of carbonyl (C=O) groups excluding carboxylic acids is 1. The first-order valence-electron chi connectivity index (χ1n) is 7.66. The van der Waals surface area contributed by atoms with Gasteiger partial charge in [-0.25, -0.2) is 0 Å². The van der Waals surface area contributed by atoms with E-state index in [9.17, 15) is 4.79 Å². The molecule has 0 radical (unpaired) electrons. The summed E-state index contributed by atoms with van der Waals surface area (Å²) in [7, 11) is 0. The largest absolute Gasteiger partial charge is 0.289 e. The van der Waals surface area contributed by atoms with Crippen LogP contribution in [0.5, 0.6) is 0 Å². The summed E-state index contributed by atoms with van der Waals surface area (Å²) in [5.74, 6) is 0.105.